The van der Waals surface area contributed by atoms with Gasteiger partial charge in [0.25, 0.3) is 0 Å². The van der Waals surface area contributed by atoms with Crippen LogP contribution in [0.2, 0.25) is 5.02 Å². The molecule has 0 aliphatic carbocycles. The molecule has 0 saturated heterocycles. The second-order valence-electron chi connectivity index (χ2n) is 2.40. The fourth-order valence-electron chi connectivity index (χ4n) is 0.992. The third kappa shape index (κ3) is 2.04. The summed E-state index contributed by atoms with van der Waals surface area (Å²) in [6.45, 7) is 3.28. The largest absolute Gasteiger partial charge is 0.417 e. The van der Waals surface area contributed by atoms with Gasteiger partial charge in [0.15, 0.2) is 0 Å². The Hall–Kier alpha value is -0.960. The molecule has 0 atom stereocenters. The van der Waals surface area contributed by atoms with Crippen molar-refractivity contribution in [1.29, 1.82) is 0 Å². The second kappa shape index (κ2) is 3.42. The predicted molar refractivity (Wildman–Crippen MR) is 46.5 cm³/mol. The van der Waals surface area contributed by atoms with E-state index in [0.29, 0.717) is 0 Å². The van der Waals surface area contributed by atoms with Gasteiger partial charge in [0.05, 0.1) is 5.56 Å². The minimum Gasteiger partial charge on any atom is -0.166 e. The Kier molecular flexibility index (Phi) is 2.66. The van der Waals surface area contributed by atoms with Crippen LogP contribution in [-0.2, 0) is 6.18 Å². The molecule has 0 aliphatic heterocycles. The van der Waals surface area contributed by atoms with Crippen LogP contribution in [0.15, 0.2) is 24.8 Å². The van der Waals surface area contributed by atoms with Crippen LogP contribution in [0.5, 0.6) is 0 Å². The van der Waals surface area contributed by atoms with Crippen molar-refractivity contribution in [2.75, 3.05) is 0 Å². The first-order valence-corrected chi connectivity index (χ1v) is 3.82. The van der Waals surface area contributed by atoms with Gasteiger partial charge in [-0.3, -0.25) is 0 Å². The Morgan fingerprint density at radius 1 is 1.31 bits per heavy atom. The van der Waals surface area contributed by atoms with Gasteiger partial charge in [-0.25, -0.2) is 0 Å². The topological polar surface area (TPSA) is 0 Å². The summed E-state index contributed by atoms with van der Waals surface area (Å²) in [6.07, 6.45) is -3.28. The molecule has 1 rings (SSSR count). The van der Waals surface area contributed by atoms with E-state index in [4.69, 9.17) is 11.6 Å². The van der Waals surface area contributed by atoms with E-state index in [2.05, 4.69) is 6.58 Å². The molecule has 1 aromatic carbocycles. The molecular formula is C9H6ClF3. The lowest BCUT2D eigenvalue weighted by Gasteiger charge is -2.10. The van der Waals surface area contributed by atoms with Gasteiger partial charge in [-0.1, -0.05) is 30.3 Å². The SMILES string of the molecule is C=Cc1c(Cl)cccc1C(F)(F)F. The average molecular weight is 207 g/mol. The molecule has 0 fully saturated rings. The molecule has 0 spiro atoms. The molecule has 0 aliphatic rings. The van der Waals surface area contributed by atoms with Gasteiger partial charge in [-0.15, -0.1) is 0 Å². The van der Waals surface area contributed by atoms with Crippen LogP contribution >= 0.6 is 11.6 Å². The zero-order chi connectivity index (χ0) is 10.1. The number of hydrogen-bond acceptors (Lipinski definition) is 0. The molecule has 0 saturated carbocycles. The number of alkyl halides is 3. The minimum absolute atomic E-state index is 0.0600. The fourth-order valence-corrected chi connectivity index (χ4v) is 1.24. The fraction of sp³-hybridized carbons (Fsp3) is 0.111. The van der Waals surface area contributed by atoms with E-state index in [1.54, 1.807) is 0 Å². The zero-order valence-corrected chi connectivity index (χ0v) is 7.28. The van der Waals surface area contributed by atoms with Crippen molar-refractivity contribution in [2.45, 2.75) is 6.18 Å². The molecular weight excluding hydrogens is 201 g/mol. The number of benzene rings is 1. The van der Waals surface area contributed by atoms with Crippen molar-refractivity contribution in [3.8, 4) is 0 Å². The molecule has 0 unspecified atom stereocenters. The third-order valence-corrected chi connectivity index (χ3v) is 1.89. The van der Waals surface area contributed by atoms with Crippen LogP contribution in [0.3, 0.4) is 0 Å². The molecule has 0 amide bonds. The second-order valence-corrected chi connectivity index (χ2v) is 2.81. The molecule has 0 aromatic heterocycles. The van der Waals surface area contributed by atoms with Crippen molar-refractivity contribution in [3.05, 3.63) is 40.9 Å². The van der Waals surface area contributed by atoms with Crippen LogP contribution in [0.1, 0.15) is 11.1 Å². The standard InChI is InChI=1S/C9H6ClF3/c1-2-6-7(9(11,12)13)4-3-5-8(6)10/h2-5H,1H2. The summed E-state index contributed by atoms with van der Waals surface area (Å²) in [6, 6.07) is 3.63. The smallest absolute Gasteiger partial charge is 0.166 e. The van der Waals surface area contributed by atoms with E-state index >= 15 is 0 Å². The molecule has 0 nitrogen and oxygen atoms in total. The van der Waals surface area contributed by atoms with Crippen molar-refractivity contribution in [2.24, 2.45) is 0 Å². The maximum atomic E-state index is 12.3. The van der Waals surface area contributed by atoms with Crippen LogP contribution in [0.25, 0.3) is 6.08 Å². The summed E-state index contributed by atoms with van der Waals surface area (Å²) in [5.41, 5.74) is -0.827. The summed E-state index contributed by atoms with van der Waals surface area (Å²) < 4.78 is 36.9. The summed E-state index contributed by atoms with van der Waals surface area (Å²) in [4.78, 5) is 0. The van der Waals surface area contributed by atoms with Crippen LogP contribution in [-0.4, -0.2) is 0 Å². The van der Waals surface area contributed by atoms with Crippen molar-refractivity contribution in [3.63, 3.8) is 0 Å². The van der Waals surface area contributed by atoms with Gasteiger partial charge in [-0.05, 0) is 12.1 Å². The van der Waals surface area contributed by atoms with Crippen molar-refractivity contribution in [1.82, 2.24) is 0 Å². The molecule has 0 N–H and O–H groups in total. The molecule has 70 valence electrons. The van der Waals surface area contributed by atoms with Crippen molar-refractivity contribution >= 4 is 17.7 Å². The number of hydrogen-bond donors (Lipinski definition) is 0. The summed E-state index contributed by atoms with van der Waals surface area (Å²) in [5, 5.41) is 0.0600. The Bertz CT molecular complexity index is 328. The molecule has 13 heavy (non-hydrogen) atoms. The van der Waals surface area contributed by atoms with Crippen LogP contribution < -0.4 is 0 Å². The summed E-state index contributed by atoms with van der Waals surface area (Å²) in [5.74, 6) is 0. The normalized spacial score (nSPS) is 11.4. The van der Waals surface area contributed by atoms with Gasteiger partial charge in [0.2, 0.25) is 0 Å². The first-order chi connectivity index (χ1) is 5.96. The summed E-state index contributed by atoms with van der Waals surface area (Å²) in [7, 11) is 0. The van der Waals surface area contributed by atoms with E-state index in [-0.39, 0.29) is 10.6 Å². The predicted octanol–water partition coefficient (Wildman–Crippen LogP) is 4.00. The molecule has 4 heteroatoms. The van der Waals surface area contributed by atoms with Gasteiger partial charge in [-0.2, -0.15) is 13.2 Å². The van der Waals surface area contributed by atoms with Crippen molar-refractivity contribution < 1.29 is 13.2 Å². The third-order valence-electron chi connectivity index (χ3n) is 1.56. The van der Waals surface area contributed by atoms with E-state index < -0.39 is 11.7 Å². The van der Waals surface area contributed by atoms with E-state index in [1.807, 2.05) is 0 Å². The lowest BCUT2D eigenvalue weighted by atomic mass is 10.1. The van der Waals surface area contributed by atoms with E-state index in [0.717, 1.165) is 12.1 Å². The highest BCUT2D eigenvalue weighted by molar-refractivity contribution is 6.32. The summed E-state index contributed by atoms with van der Waals surface area (Å²) >= 11 is 5.56. The number of rotatable bonds is 1. The highest BCUT2D eigenvalue weighted by atomic mass is 35.5. The van der Waals surface area contributed by atoms with Gasteiger partial charge in [0, 0.05) is 10.6 Å². The molecule has 1 aromatic rings. The lowest BCUT2D eigenvalue weighted by Crippen LogP contribution is -2.07. The minimum atomic E-state index is -4.38. The molecule has 0 heterocycles. The molecule has 0 radical (unpaired) electrons. The van der Waals surface area contributed by atoms with Crippen LogP contribution in [0, 0.1) is 0 Å². The highest BCUT2D eigenvalue weighted by Gasteiger charge is 2.33. The quantitative estimate of drug-likeness (QED) is 0.652. The molecule has 0 bridgehead atoms. The monoisotopic (exact) mass is 206 g/mol. The van der Waals surface area contributed by atoms with E-state index in [9.17, 15) is 13.2 Å². The first-order valence-electron chi connectivity index (χ1n) is 3.45. The Morgan fingerprint density at radius 3 is 2.31 bits per heavy atom. The number of halogens is 4. The maximum Gasteiger partial charge on any atom is 0.417 e. The zero-order valence-electron chi connectivity index (χ0n) is 6.53. The maximum absolute atomic E-state index is 12.3. The van der Waals surface area contributed by atoms with Crippen LogP contribution in [0.4, 0.5) is 13.2 Å². The van der Waals surface area contributed by atoms with Gasteiger partial charge in [0.1, 0.15) is 0 Å². The Morgan fingerprint density at radius 2 is 1.92 bits per heavy atom. The first kappa shape index (κ1) is 10.1. The Labute approximate surface area is 78.6 Å². The highest BCUT2D eigenvalue weighted by Crippen LogP contribution is 2.35. The average Bonchev–Trinajstić information content (AvgIpc) is 2.02. The van der Waals surface area contributed by atoms with Gasteiger partial charge >= 0.3 is 6.18 Å². The lowest BCUT2D eigenvalue weighted by molar-refractivity contribution is -0.137. The van der Waals surface area contributed by atoms with E-state index in [1.165, 1.54) is 12.1 Å². The Balaban J connectivity index is 3.37. The van der Waals surface area contributed by atoms with Gasteiger partial charge < -0.3 is 0 Å².